The van der Waals surface area contributed by atoms with Crippen LogP contribution >= 0.6 is 11.3 Å². The van der Waals surface area contributed by atoms with E-state index in [4.69, 9.17) is 4.74 Å². The Hall–Kier alpha value is -2.48. The van der Waals surface area contributed by atoms with E-state index < -0.39 is 12.6 Å². The average molecular weight is 377 g/mol. The van der Waals surface area contributed by atoms with Crippen molar-refractivity contribution < 1.29 is 14.3 Å². The van der Waals surface area contributed by atoms with Crippen LogP contribution in [0.2, 0.25) is 0 Å². The van der Waals surface area contributed by atoms with Crippen LogP contribution in [0.3, 0.4) is 0 Å². The Balaban J connectivity index is 1.95. The van der Waals surface area contributed by atoms with Crippen molar-refractivity contribution in [2.24, 2.45) is 5.92 Å². The van der Waals surface area contributed by atoms with Crippen molar-refractivity contribution in [3.05, 3.63) is 50.6 Å². The van der Waals surface area contributed by atoms with Gasteiger partial charge in [-0.25, -0.2) is 9.48 Å². The molecule has 140 valence electrons. The third kappa shape index (κ3) is 5.26. The summed E-state index contributed by atoms with van der Waals surface area (Å²) in [5, 5.41) is 8.81. The summed E-state index contributed by atoms with van der Waals surface area (Å²) in [6.07, 6.45) is 0.715. The SMILES string of the molecule is CCCn1nc(C(=O)OCC(=O)NC(c2cccs2)C(C)C)ccc1=O. The Morgan fingerprint density at radius 1 is 1.31 bits per heavy atom. The van der Waals surface area contributed by atoms with Crippen molar-refractivity contribution in [1.82, 2.24) is 15.1 Å². The lowest BCUT2D eigenvalue weighted by Gasteiger charge is -2.21. The van der Waals surface area contributed by atoms with Crippen LogP contribution < -0.4 is 10.9 Å². The van der Waals surface area contributed by atoms with Crippen molar-refractivity contribution in [3.8, 4) is 0 Å². The number of aryl methyl sites for hydroxylation is 1. The lowest BCUT2D eigenvalue weighted by molar-refractivity contribution is -0.125. The summed E-state index contributed by atoms with van der Waals surface area (Å²) in [4.78, 5) is 36.9. The van der Waals surface area contributed by atoms with Crippen LogP contribution in [0.15, 0.2) is 34.4 Å². The van der Waals surface area contributed by atoms with Gasteiger partial charge >= 0.3 is 5.97 Å². The second kappa shape index (κ2) is 9.28. The largest absolute Gasteiger partial charge is 0.451 e. The average Bonchev–Trinajstić information content (AvgIpc) is 3.13. The molecule has 2 rings (SSSR count). The van der Waals surface area contributed by atoms with Crippen LogP contribution in [-0.4, -0.2) is 28.3 Å². The molecule has 2 aromatic rings. The first-order chi connectivity index (χ1) is 12.4. The maximum absolute atomic E-state index is 12.2. The van der Waals surface area contributed by atoms with E-state index in [0.29, 0.717) is 13.0 Å². The predicted octanol–water partition coefficient (Wildman–Crippen LogP) is 2.39. The van der Waals surface area contributed by atoms with E-state index in [9.17, 15) is 14.4 Å². The normalized spacial score (nSPS) is 12.0. The van der Waals surface area contributed by atoms with E-state index in [2.05, 4.69) is 10.4 Å². The van der Waals surface area contributed by atoms with Gasteiger partial charge in [-0.3, -0.25) is 9.59 Å². The lowest BCUT2D eigenvalue weighted by atomic mass is 10.0. The molecule has 0 aliphatic rings. The standard InChI is InChI=1S/C18H23N3O4S/c1-4-9-21-16(23)8-7-13(20-21)18(24)25-11-15(22)19-17(12(2)3)14-6-5-10-26-14/h5-8,10,12,17H,4,9,11H2,1-3H3,(H,19,22). The molecule has 1 unspecified atom stereocenters. The van der Waals surface area contributed by atoms with Crippen LogP contribution in [-0.2, 0) is 16.1 Å². The minimum Gasteiger partial charge on any atom is -0.451 e. The second-order valence-corrected chi connectivity index (χ2v) is 7.14. The number of hydrogen-bond acceptors (Lipinski definition) is 6. The number of nitrogens with zero attached hydrogens (tertiary/aromatic N) is 2. The monoisotopic (exact) mass is 377 g/mol. The molecular weight excluding hydrogens is 354 g/mol. The molecule has 0 aliphatic carbocycles. The van der Waals surface area contributed by atoms with Gasteiger partial charge in [0.2, 0.25) is 0 Å². The maximum Gasteiger partial charge on any atom is 0.359 e. The van der Waals surface area contributed by atoms with Gasteiger partial charge < -0.3 is 10.1 Å². The van der Waals surface area contributed by atoms with Crippen molar-refractivity contribution in [2.45, 2.75) is 39.8 Å². The molecule has 0 spiro atoms. The highest BCUT2D eigenvalue weighted by Crippen LogP contribution is 2.25. The van der Waals surface area contributed by atoms with Gasteiger partial charge in [0, 0.05) is 17.5 Å². The maximum atomic E-state index is 12.2. The van der Waals surface area contributed by atoms with Crippen molar-refractivity contribution in [2.75, 3.05) is 6.61 Å². The summed E-state index contributed by atoms with van der Waals surface area (Å²) in [7, 11) is 0. The molecule has 26 heavy (non-hydrogen) atoms. The quantitative estimate of drug-likeness (QED) is 0.714. The van der Waals surface area contributed by atoms with E-state index in [-0.39, 0.29) is 29.1 Å². The third-order valence-electron chi connectivity index (χ3n) is 3.68. The number of carbonyl (C=O) groups is 2. The zero-order chi connectivity index (χ0) is 19.1. The molecule has 1 atom stereocenters. The molecule has 0 radical (unpaired) electrons. The van der Waals surface area contributed by atoms with Gasteiger partial charge in [0.15, 0.2) is 12.3 Å². The van der Waals surface area contributed by atoms with Gasteiger partial charge in [0.05, 0.1) is 6.04 Å². The van der Waals surface area contributed by atoms with Crippen LogP contribution in [0.25, 0.3) is 0 Å². The van der Waals surface area contributed by atoms with Crippen LogP contribution in [0.4, 0.5) is 0 Å². The Kier molecular flexibility index (Phi) is 7.08. The number of aromatic nitrogens is 2. The molecule has 2 heterocycles. The molecule has 1 amide bonds. The van der Waals surface area contributed by atoms with Crippen LogP contribution in [0.5, 0.6) is 0 Å². The van der Waals surface area contributed by atoms with E-state index >= 15 is 0 Å². The number of rotatable bonds is 8. The molecule has 0 fully saturated rings. The number of ether oxygens (including phenoxy) is 1. The summed E-state index contributed by atoms with van der Waals surface area (Å²) in [6.45, 7) is 5.94. The smallest absolute Gasteiger partial charge is 0.359 e. The number of esters is 1. The Morgan fingerprint density at radius 3 is 2.69 bits per heavy atom. The van der Waals surface area contributed by atoms with Gasteiger partial charge in [-0.1, -0.05) is 26.8 Å². The van der Waals surface area contributed by atoms with Gasteiger partial charge in [-0.05, 0) is 29.9 Å². The molecule has 0 bridgehead atoms. The highest BCUT2D eigenvalue weighted by molar-refractivity contribution is 7.10. The minimum absolute atomic E-state index is 0.00418. The van der Waals surface area contributed by atoms with E-state index in [1.165, 1.54) is 16.8 Å². The zero-order valence-electron chi connectivity index (χ0n) is 15.1. The number of thiophene rings is 1. The minimum atomic E-state index is -0.734. The molecule has 0 saturated heterocycles. The fourth-order valence-corrected chi connectivity index (χ4v) is 3.33. The van der Waals surface area contributed by atoms with Gasteiger partial charge in [0.25, 0.3) is 11.5 Å². The van der Waals surface area contributed by atoms with E-state index in [0.717, 1.165) is 4.88 Å². The highest BCUT2D eigenvalue weighted by atomic mass is 32.1. The molecule has 1 N–H and O–H groups in total. The number of carbonyl (C=O) groups excluding carboxylic acids is 2. The first kappa shape index (κ1) is 19.8. The fraction of sp³-hybridized carbons (Fsp3) is 0.444. The number of nitrogens with one attached hydrogen (secondary N) is 1. The van der Waals surface area contributed by atoms with Crippen molar-refractivity contribution >= 4 is 23.2 Å². The van der Waals surface area contributed by atoms with Crippen molar-refractivity contribution in [3.63, 3.8) is 0 Å². The zero-order valence-corrected chi connectivity index (χ0v) is 15.9. The predicted molar refractivity (Wildman–Crippen MR) is 99.1 cm³/mol. The van der Waals surface area contributed by atoms with Crippen molar-refractivity contribution in [1.29, 1.82) is 0 Å². The topological polar surface area (TPSA) is 90.3 Å². The molecule has 0 saturated carbocycles. The number of hydrogen-bond donors (Lipinski definition) is 1. The summed E-state index contributed by atoms with van der Waals surface area (Å²) < 4.78 is 6.25. The molecule has 2 aromatic heterocycles. The molecule has 7 nitrogen and oxygen atoms in total. The summed E-state index contributed by atoms with van der Waals surface area (Å²) in [5.41, 5.74) is -0.276. The van der Waals surface area contributed by atoms with E-state index in [1.807, 2.05) is 38.3 Å². The van der Waals surface area contributed by atoms with Crippen LogP contribution in [0, 0.1) is 5.92 Å². The summed E-state index contributed by atoms with van der Waals surface area (Å²) in [5.74, 6) is -0.915. The Bertz CT molecular complexity index is 799. The van der Waals surface area contributed by atoms with Gasteiger partial charge in [-0.15, -0.1) is 11.3 Å². The first-order valence-electron chi connectivity index (χ1n) is 8.50. The Labute approximate surface area is 156 Å². The lowest BCUT2D eigenvalue weighted by Crippen LogP contribution is -2.34. The molecule has 0 aromatic carbocycles. The molecule has 0 aliphatic heterocycles. The fourth-order valence-electron chi connectivity index (χ4n) is 2.38. The summed E-state index contributed by atoms with van der Waals surface area (Å²) in [6, 6.07) is 6.33. The number of amides is 1. The van der Waals surface area contributed by atoms with Gasteiger partial charge in [-0.2, -0.15) is 5.10 Å². The van der Waals surface area contributed by atoms with Gasteiger partial charge in [0.1, 0.15) is 0 Å². The van der Waals surface area contributed by atoms with E-state index in [1.54, 1.807) is 11.3 Å². The highest BCUT2D eigenvalue weighted by Gasteiger charge is 2.20. The third-order valence-corrected chi connectivity index (χ3v) is 4.63. The van der Waals surface area contributed by atoms with Crippen LogP contribution in [0.1, 0.15) is 48.6 Å². The Morgan fingerprint density at radius 2 is 2.08 bits per heavy atom. The molecular formula is C18H23N3O4S. The summed E-state index contributed by atoms with van der Waals surface area (Å²) >= 11 is 1.57. The first-order valence-corrected chi connectivity index (χ1v) is 9.38. The molecule has 8 heteroatoms. The second-order valence-electron chi connectivity index (χ2n) is 6.16.